The minimum absolute atomic E-state index is 0.169. The zero-order valence-corrected chi connectivity index (χ0v) is 17.0. The van der Waals surface area contributed by atoms with Gasteiger partial charge in [0.1, 0.15) is 0 Å². The number of carbonyl (C=O) groups is 3. The fraction of sp³-hybridized carbons (Fsp3) is 0.217. The summed E-state index contributed by atoms with van der Waals surface area (Å²) in [5.41, 5.74) is 0.292. The first-order chi connectivity index (χ1) is 15.0. The van der Waals surface area contributed by atoms with Crippen LogP contribution in [0.15, 0.2) is 66.9 Å². The lowest BCUT2D eigenvalue weighted by atomic mass is 9.94. The van der Waals surface area contributed by atoms with Crippen LogP contribution < -0.4 is 10.2 Å². The number of anilines is 2. The summed E-state index contributed by atoms with van der Waals surface area (Å²) in [6.07, 6.45) is 2.09. The number of aromatic nitrogens is 2. The molecule has 31 heavy (non-hydrogen) atoms. The molecule has 1 atom stereocenters. The lowest BCUT2D eigenvalue weighted by Gasteiger charge is -2.49. The zero-order valence-electron chi connectivity index (χ0n) is 17.0. The van der Waals surface area contributed by atoms with Gasteiger partial charge in [-0.2, -0.15) is 5.10 Å². The summed E-state index contributed by atoms with van der Waals surface area (Å²) in [4.78, 5) is 43.4. The van der Waals surface area contributed by atoms with Gasteiger partial charge >= 0.3 is 0 Å². The summed E-state index contributed by atoms with van der Waals surface area (Å²) in [6, 6.07) is 18.1. The molecule has 1 N–H and O–H groups in total. The highest BCUT2D eigenvalue weighted by Gasteiger charge is 2.60. The molecule has 0 aliphatic carbocycles. The Balaban J connectivity index is 1.65. The molecule has 156 valence electrons. The molecule has 3 heterocycles. The van der Waals surface area contributed by atoms with Crippen LogP contribution in [0.1, 0.15) is 28.8 Å². The summed E-state index contributed by atoms with van der Waals surface area (Å²) in [7, 11) is 1.75. The van der Waals surface area contributed by atoms with Crippen LogP contribution in [0.3, 0.4) is 0 Å². The number of carbonyl (C=O) groups excluding carboxylic acids is 3. The van der Waals surface area contributed by atoms with Crippen molar-refractivity contribution in [3.8, 4) is 0 Å². The highest BCUT2D eigenvalue weighted by molar-refractivity contribution is 6.18. The zero-order chi connectivity index (χ0) is 21.6. The van der Waals surface area contributed by atoms with Crippen molar-refractivity contribution in [1.29, 1.82) is 0 Å². The van der Waals surface area contributed by atoms with Crippen LogP contribution in [0.4, 0.5) is 11.5 Å². The third kappa shape index (κ3) is 2.91. The van der Waals surface area contributed by atoms with Gasteiger partial charge < -0.3 is 10.2 Å². The molecule has 0 bridgehead atoms. The standard InChI is InChI=1S/C23H21N5O3/c1-26-14-12-19(25-26)24-22(31)23-13-11-20(29)28(23)18-10-6-5-9-17(18)21(30)27(23)15-16-7-3-2-4-8-16/h2-10,12,14H,11,13,15H2,1H3,(H,24,25,31). The van der Waals surface area contributed by atoms with E-state index in [0.29, 0.717) is 17.1 Å². The molecule has 0 spiro atoms. The van der Waals surface area contributed by atoms with Crippen molar-refractivity contribution in [2.75, 3.05) is 10.2 Å². The molecule has 1 saturated heterocycles. The van der Waals surface area contributed by atoms with Gasteiger partial charge in [-0.25, -0.2) is 0 Å². The number of nitrogens with zero attached hydrogens (tertiary/aromatic N) is 4. The van der Waals surface area contributed by atoms with E-state index >= 15 is 0 Å². The summed E-state index contributed by atoms with van der Waals surface area (Å²) in [5.74, 6) is -0.543. The van der Waals surface area contributed by atoms with Gasteiger partial charge in [0, 0.05) is 38.7 Å². The van der Waals surface area contributed by atoms with Crippen molar-refractivity contribution in [2.45, 2.75) is 25.0 Å². The topological polar surface area (TPSA) is 87.5 Å². The highest BCUT2D eigenvalue weighted by atomic mass is 16.2. The Hall–Kier alpha value is -3.94. The van der Waals surface area contributed by atoms with E-state index in [2.05, 4.69) is 10.4 Å². The van der Waals surface area contributed by atoms with Gasteiger partial charge in [-0.1, -0.05) is 42.5 Å². The van der Waals surface area contributed by atoms with Crippen LogP contribution in [-0.4, -0.2) is 38.1 Å². The molecule has 3 aromatic rings. The molecule has 8 heteroatoms. The molecule has 1 fully saturated rings. The maximum absolute atomic E-state index is 13.7. The second-order valence-corrected chi connectivity index (χ2v) is 7.77. The van der Waals surface area contributed by atoms with Gasteiger partial charge in [-0.15, -0.1) is 0 Å². The molecule has 0 saturated carbocycles. The molecule has 5 rings (SSSR count). The molecular weight excluding hydrogens is 394 g/mol. The molecule has 2 aliphatic rings. The first-order valence-corrected chi connectivity index (χ1v) is 10.1. The number of hydrogen-bond donors (Lipinski definition) is 1. The predicted octanol–water partition coefficient (Wildman–Crippen LogP) is 2.54. The lowest BCUT2D eigenvalue weighted by Crippen LogP contribution is -2.69. The average molecular weight is 415 g/mol. The molecule has 3 amide bonds. The quantitative estimate of drug-likeness (QED) is 0.709. The van der Waals surface area contributed by atoms with Gasteiger partial charge in [-0.3, -0.25) is 24.0 Å². The number of rotatable bonds is 4. The van der Waals surface area contributed by atoms with Crippen molar-refractivity contribution < 1.29 is 14.4 Å². The van der Waals surface area contributed by atoms with E-state index in [1.54, 1.807) is 48.3 Å². The van der Waals surface area contributed by atoms with E-state index < -0.39 is 11.6 Å². The number of benzene rings is 2. The summed E-state index contributed by atoms with van der Waals surface area (Å²) >= 11 is 0. The van der Waals surface area contributed by atoms with Crippen LogP contribution >= 0.6 is 0 Å². The molecule has 2 aromatic carbocycles. The third-order valence-corrected chi connectivity index (χ3v) is 5.88. The Morgan fingerprint density at radius 2 is 1.81 bits per heavy atom. The van der Waals surface area contributed by atoms with Crippen molar-refractivity contribution >= 4 is 29.2 Å². The fourth-order valence-electron chi connectivity index (χ4n) is 4.47. The average Bonchev–Trinajstić information content (AvgIpc) is 3.35. The molecule has 1 aromatic heterocycles. The van der Waals surface area contributed by atoms with Crippen LogP contribution in [0, 0.1) is 0 Å². The molecule has 1 unspecified atom stereocenters. The SMILES string of the molecule is Cn1ccc(NC(=O)C23CCC(=O)N2c2ccccc2C(=O)N3Cc2ccccc2)n1. The summed E-state index contributed by atoms with van der Waals surface area (Å²) < 4.78 is 1.58. The predicted molar refractivity (Wildman–Crippen MR) is 114 cm³/mol. The number of hydrogen-bond acceptors (Lipinski definition) is 4. The van der Waals surface area contributed by atoms with Crippen LogP contribution in [0.25, 0.3) is 0 Å². The van der Waals surface area contributed by atoms with E-state index in [9.17, 15) is 14.4 Å². The highest BCUT2D eigenvalue weighted by Crippen LogP contribution is 2.45. The van der Waals surface area contributed by atoms with Crippen LogP contribution in [-0.2, 0) is 23.2 Å². The normalized spacial score (nSPS) is 19.9. The number of aryl methyl sites for hydroxylation is 1. The first kappa shape index (κ1) is 19.0. The van der Waals surface area contributed by atoms with Gasteiger partial charge in [0.15, 0.2) is 5.82 Å². The minimum atomic E-state index is -1.46. The van der Waals surface area contributed by atoms with Gasteiger partial charge in [0.25, 0.3) is 11.8 Å². The summed E-state index contributed by atoms with van der Waals surface area (Å²) in [5, 5.41) is 7.05. The maximum Gasteiger partial charge on any atom is 0.273 e. The van der Waals surface area contributed by atoms with Gasteiger partial charge in [0.2, 0.25) is 11.6 Å². The Kier molecular flexibility index (Phi) is 4.35. The van der Waals surface area contributed by atoms with Crippen molar-refractivity contribution in [3.63, 3.8) is 0 Å². The molecule has 0 radical (unpaired) electrons. The third-order valence-electron chi connectivity index (χ3n) is 5.88. The largest absolute Gasteiger partial charge is 0.305 e. The molecule has 8 nitrogen and oxygen atoms in total. The van der Waals surface area contributed by atoms with E-state index in [-0.39, 0.29) is 31.2 Å². The number of nitrogens with one attached hydrogen (secondary N) is 1. The van der Waals surface area contributed by atoms with E-state index in [1.165, 1.54) is 9.80 Å². The van der Waals surface area contributed by atoms with Crippen molar-refractivity contribution in [2.24, 2.45) is 7.05 Å². The van der Waals surface area contributed by atoms with Gasteiger partial charge in [-0.05, 0) is 17.7 Å². The monoisotopic (exact) mass is 415 g/mol. The fourth-order valence-corrected chi connectivity index (χ4v) is 4.47. The summed E-state index contributed by atoms with van der Waals surface area (Å²) in [6.45, 7) is 0.202. The minimum Gasteiger partial charge on any atom is -0.305 e. The first-order valence-electron chi connectivity index (χ1n) is 10.1. The van der Waals surface area contributed by atoms with E-state index in [4.69, 9.17) is 0 Å². The van der Waals surface area contributed by atoms with Crippen molar-refractivity contribution in [3.05, 3.63) is 78.0 Å². The van der Waals surface area contributed by atoms with E-state index in [0.717, 1.165) is 5.56 Å². The Morgan fingerprint density at radius 1 is 1.06 bits per heavy atom. The van der Waals surface area contributed by atoms with E-state index in [1.807, 2.05) is 30.3 Å². The smallest absolute Gasteiger partial charge is 0.273 e. The Labute approximate surface area is 179 Å². The van der Waals surface area contributed by atoms with Crippen LogP contribution in [0.2, 0.25) is 0 Å². The lowest BCUT2D eigenvalue weighted by molar-refractivity contribution is -0.129. The molecular formula is C23H21N5O3. The number of para-hydroxylation sites is 1. The number of fused-ring (bicyclic) bond motifs is 3. The number of amides is 3. The second-order valence-electron chi connectivity index (χ2n) is 7.77. The Bertz CT molecular complexity index is 1190. The second kappa shape index (κ2) is 7.09. The molecule has 2 aliphatic heterocycles. The van der Waals surface area contributed by atoms with Crippen molar-refractivity contribution in [1.82, 2.24) is 14.7 Å². The van der Waals surface area contributed by atoms with Gasteiger partial charge in [0.05, 0.1) is 11.3 Å². The van der Waals surface area contributed by atoms with Crippen LogP contribution in [0.5, 0.6) is 0 Å². The Morgan fingerprint density at radius 3 is 2.55 bits per heavy atom. The maximum atomic E-state index is 13.7.